The second kappa shape index (κ2) is 5.11. The predicted molar refractivity (Wildman–Crippen MR) is 63.1 cm³/mol. The molecule has 7 heteroatoms. The zero-order chi connectivity index (χ0) is 13.2. The van der Waals surface area contributed by atoms with Crippen LogP contribution in [-0.4, -0.2) is 59.4 Å². The standard InChI is InChI=1S/C11H19N3O4/c12-9(13-17)11(2-1-3-11)10(16)14-4-5-18-7-8(14)6-15/h8,15,17H,1-7H2,(H2,12,13). The molecule has 1 saturated carbocycles. The first-order valence-corrected chi connectivity index (χ1v) is 6.13. The van der Waals surface area contributed by atoms with Crippen molar-refractivity contribution in [1.29, 1.82) is 0 Å². The molecule has 1 heterocycles. The van der Waals surface area contributed by atoms with E-state index in [0.29, 0.717) is 32.6 Å². The SMILES string of the molecule is NC(=NO)C1(C(=O)N2CCOCC2CO)CCC1. The van der Waals surface area contributed by atoms with E-state index in [4.69, 9.17) is 15.7 Å². The van der Waals surface area contributed by atoms with E-state index in [-0.39, 0.29) is 24.4 Å². The first-order valence-electron chi connectivity index (χ1n) is 6.13. The number of aliphatic hydroxyl groups excluding tert-OH is 1. The third-order valence-corrected chi connectivity index (χ3v) is 3.91. The summed E-state index contributed by atoms with van der Waals surface area (Å²) in [6.07, 6.45) is 2.07. The molecule has 2 rings (SSSR count). The Morgan fingerprint density at radius 2 is 2.28 bits per heavy atom. The van der Waals surface area contributed by atoms with Crippen molar-refractivity contribution in [3.63, 3.8) is 0 Å². The Labute approximate surface area is 105 Å². The highest BCUT2D eigenvalue weighted by Gasteiger charge is 2.51. The molecule has 1 amide bonds. The maximum atomic E-state index is 12.6. The first kappa shape index (κ1) is 13.1. The molecule has 1 unspecified atom stereocenters. The number of aliphatic hydroxyl groups is 1. The summed E-state index contributed by atoms with van der Waals surface area (Å²) in [7, 11) is 0. The van der Waals surface area contributed by atoms with Crippen molar-refractivity contribution in [2.24, 2.45) is 16.3 Å². The molecule has 0 aromatic heterocycles. The lowest BCUT2D eigenvalue weighted by Crippen LogP contribution is -2.60. The molecular formula is C11H19N3O4. The van der Waals surface area contributed by atoms with Crippen LogP contribution in [0.25, 0.3) is 0 Å². The monoisotopic (exact) mass is 257 g/mol. The van der Waals surface area contributed by atoms with Crippen molar-refractivity contribution in [1.82, 2.24) is 4.90 Å². The van der Waals surface area contributed by atoms with E-state index in [2.05, 4.69) is 5.16 Å². The number of morpholine rings is 1. The van der Waals surface area contributed by atoms with Gasteiger partial charge in [0.05, 0.1) is 25.9 Å². The molecule has 1 aliphatic heterocycles. The van der Waals surface area contributed by atoms with Crippen LogP contribution in [0.15, 0.2) is 5.16 Å². The van der Waals surface area contributed by atoms with Crippen LogP contribution in [0.3, 0.4) is 0 Å². The van der Waals surface area contributed by atoms with Gasteiger partial charge < -0.3 is 25.7 Å². The Hall–Kier alpha value is -1.34. The number of hydrogen-bond donors (Lipinski definition) is 3. The van der Waals surface area contributed by atoms with E-state index in [9.17, 15) is 9.90 Å². The molecule has 2 fully saturated rings. The molecular weight excluding hydrogens is 238 g/mol. The molecule has 7 nitrogen and oxygen atoms in total. The van der Waals surface area contributed by atoms with E-state index < -0.39 is 5.41 Å². The number of ether oxygens (including phenoxy) is 1. The van der Waals surface area contributed by atoms with Crippen LogP contribution >= 0.6 is 0 Å². The van der Waals surface area contributed by atoms with Gasteiger partial charge in [-0.05, 0) is 12.8 Å². The number of hydrogen-bond acceptors (Lipinski definition) is 5. The molecule has 0 radical (unpaired) electrons. The molecule has 18 heavy (non-hydrogen) atoms. The molecule has 1 saturated heterocycles. The molecule has 1 aliphatic carbocycles. The van der Waals surface area contributed by atoms with E-state index in [1.807, 2.05) is 0 Å². The molecule has 0 bridgehead atoms. The summed E-state index contributed by atoms with van der Waals surface area (Å²) in [6, 6.07) is -0.338. The average Bonchev–Trinajstić information content (AvgIpc) is 2.36. The molecule has 0 spiro atoms. The minimum absolute atomic E-state index is 0.0260. The molecule has 0 aromatic rings. The Balaban J connectivity index is 2.18. The van der Waals surface area contributed by atoms with Gasteiger partial charge in [0.25, 0.3) is 0 Å². The fraction of sp³-hybridized carbons (Fsp3) is 0.818. The van der Waals surface area contributed by atoms with Gasteiger partial charge in [0, 0.05) is 6.54 Å². The molecule has 4 N–H and O–H groups in total. The van der Waals surface area contributed by atoms with Gasteiger partial charge in [-0.25, -0.2) is 0 Å². The van der Waals surface area contributed by atoms with Crippen molar-refractivity contribution in [2.45, 2.75) is 25.3 Å². The van der Waals surface area contributed by atoms with Gasteiger partial charge >= 0.3 is 0 Å². The van der Waals surface area contributed by atoms with Crippen LogP contribution in [0.1, 0.15) is 19.3 Å². The summed E-state index contributed by atoms with van der Waals surface area (Å²) >= 11 is 0. The normalized spacial score (nSPS) is 27.7. The summed E-state index contributed by atoms with van der Waals surface area (Å²) < 4.78 is 5.24. The van der Waals surface area contributed by atoms with Gasteiger partial charge in [-0.1, -0.05) is 11.6 Å². The lowest BCUT2D eigenvalue weighted by molar-refractivity contribution is -0.152. The van der Waals surface area contributed by atoms with Gasteiger partial charge in [-0.3, -0.25) is 4.79 Å². The minimum atomic E-state index is -0.875. The number of amides is 1. The van der Waals surface area contributed by atoms with Gasteiger partial charge in [-0.15, -0.1) is 0 Å². The fourth-order valence-electron chi connectivity index (χ4n) is 2.55. The van der Waals surface area contributed by atoms with E-state index in [0.717, 1.165) is 6.42 Å². The number of oxime groups is 1. The third kappa shape index (κ3) is 1.93. The zero-order valence-corrected chi connectivity index (χ0v) is 10.2. The number of carbonyl (C=O) groups excluding carboxylic acids is 1. The van der Waals surface area contributed by atoms with Crippen molar-refractivity contribution in [3.8, 4) is 0 Å². The number of carbonyl (C=O) groups is 1. The largest absolute Gasteiger partial charge is 0.409 e. The van der Waals surface area contributed by atoms with Crippen LogP contribution < -0.4 is 5.73 Å². The summed E-state index contributed by atoms with van der Waals surface area (Å²) in [6.45, 7) is 1.07. The number of nitrogens with two attached hydrogens (primary N) is 1. The van der Waals surface area contributed by atoms with Crippen LogP contribution in [0, 0.1) is 5.41 Å². The Bertz CT molecular complexity index is 354. The van der Waals surface area contributed by atoms with Crippen LogP contribution in [-0.2, 0) is 9.53 Å². The van der Waals surface area contributed by atoms with Gasteiger partial charge in [-0.2, -0.15) is 0 Å². The van der Waals surface area contributed by atoms with Crippen LogP contribution in [0.2, 0.25) is 0 Å². The van der Waals surface area contributed by atoms with Gasteiger partial charge in [0.1, 0.15) is 5.41 Å². The minimum Gasteiger partial charge on any atom is -0.409 e. The van der Waals surface area contributed by atoms with E-state index >= 15 is 0 Å². The zero-order valence-electron chi connectivity index (χ0n) is 10.2. The summed E-state index contributed by atoms with van der Waals surface area (Å²) in [5.41, 5.74) is 4.79. The van der Waals surface area contributed by atoms with E-state index in [1.165, 1.54) is 0 Å². The maximum Gasteiger partial charge on any atom is 0.237 e. The Kier molecular flexibility index (Phi) is 3.72. The van der Waals surface area contributed by atoms with Crippen LogP contribution in [0.4, 0.5) is 0 Å². The van der Waals surface area contributed by atoms with E-state index in [1.54, 1.807) is 4.90 Å². The summed E-state index contributed by atoms with van der Waals surface area (Å²) in [4.78, 5) is 14.2. The summed E-state index contributed by atoms with van der Waals surface area (Å²) in [5.74, 6) is -0.187. The quantitative estimate of drug-likeness (QED) is 0.263. The number of rotatable bonds is 3. The van der Waals surface area contributed by atoms with Crippen LogP contribution in [0.5, 0.6) is 0 Å². The molecule has 1 atom stereocenters. The second-order valence-electron chi connectivity index (χ2n) is 4.83. The topological polar surface area (TPSA) is 108 Å². The number of amidine groups is 1. The Morgan fingerprint density at radius 3 is 2.78 bits per heavy atom. The highest BCUT2D eigenvalue weighted by molar-refractivity contribution is 6.07. The Morgan fingerprint density at radius 1 is 1.56 bits per heavy atom. The molecule has 2 aliphatic rings. The second-order valence-corrected chi connectivity index (χ2v) is 4.83. The van der Waals surface area contributed by atoms with Crippen molar-refractivity contribution in [3.05, 3.63) is 0 Å². The van der Waals surface area contributed by atoms with Gasteiger partial charge in [0.2, 0.25) is 5.91 Å². The first-order chi connectivity index (χ1) is 8.65. The summed E-state index contributed by atoms with van der Waals surface area (Å²) in [5, 5.41) is 21.1. The van der Waals surface area contributed by atoms with Crippen molar-refractivity contribution >= 4 is 11.7 Å². The number of nitrogens with zero attached hydrogens (tertiary/aromatic N) is 2. The average molecular weight is 257 g/mol. The fourth-order valence-corrected chi connectivity index (χ4v) is 2.55. The third-order valence-electron chi connectivity index (χ3n) is 3.91. The molecule has 0 aromatic carbocycles. The highest BCUT2D eigenvalue weighted by Crippen LogP contribution is 2.43. The van der Waals surface area contributed by atoms with Crippen molar-refractivity contribution < 1.29 is 19.8 Å². The van der Waals surface area contributed by atoms with Gasteiger partial charge in [0.15, 0.2) is 5.84 Å². The smallest absolute Gasteiger partial charge is 0.237 e. The lowest BCUT2D eigenvalue weighted by Gasteiger charge is -2.45. The molecule has 102 valence electrons. The lowest BCUT2D eigenvalue weighted by atomic mass is 9.66. The van der Waals surface area contributed by atoms with Crippen molar-refractivity contribution in [2.75, 3.05) is 26.4 Å². The highest BCUT2D eigenvalue weighted by atomic mass is 16.5. The predicted octanol–water partition coefficient (Wildman–Crippen LogP) is -0.877. The maximum absolute atomic E-state index is 12.6.